The van der Waals surface area contributed by atoms with Crippen molar-refractivity contribution < 1.29 is 9.59 Å². The predicted molar refractivity (Wildman–Crippen MR) is 132 cm³/mol. The maximum Gasteiger partial charge on any atom is 0.248 e. The Morgan fingerprint density at radius 2 is 1.45 bits per heavy atom. The van der Waals surface area contributed by atoms with E-state index in [2.05, 4.69) is 22.8 Å². The second-order valence-corrected chi connectivity index (χ2v) is 7.56. The zero-order valence-corrected chi connectivity index (χ0v) is 18.2. The SMILES string of the molecule is CC(=O)Nc1ccc(NC(=O)/C=C/c2cn(Cc3ccccc3)nc2-c2ccccc2)cc1. The van der Waals surface area contributed by atoms with Crippen LogP contribution < -0.4 is 10.6 Å². The summed E-state index contributed by atoms with van der Waals surface area (Å²) in [4.78, 5) is 23.6. The number of benzene rings is 3. The molecule has 4 aromatic rings. The summed E-state index contributed by atoms with van der Waals surface area (Å²) in [5, 5.41) is 10.3. The summed E-state index contributed by atoms with van der Waals surface area (Å²) in [6.07, 6.45) is 5.22. The fourth-order valence-corrected chi connectivity index (χ4v) is 3.42. The van der Waals surface area contributed by atoms with Crippen LogP contribution in [0.3, 0.4) is 0 Å². The summed E-state index contributed by atoms with van der Waals surface area (Å²) in [6.45, 7) is 2.09. The first-order chi connectivity index (χ1) is 16.1. The molecule has 0 radical (unpaired) electrons. The van der Waals surface area contributed by atoms with Crippen LogP contribution in [0.1, 0.15) is 18.1 Å². The highest BCUT2D eigenvalue weighted by atomic mass is 16.2. The molecule has 33 heavy (non-hydrogen) atoms. The molecular weight excluding hydrogens is 412 g/mol. The van der Waals surface area contributed by atoms with Crippen LogP contribution in [-0.2, 0) is 16.1 Å². The van der Waals surface area contributed by atoms with Crippen molar-refractivity contribution in [2.75, 3.05) is 10.6 Å². The fraction of sp³-hybridized carbons (Fsp3) is 0.0741. The Hall–Kier alpha value is -4.45. The van der Waals surface area contributed by atoms with E-state index in [4.69, 9.17) is 5.10 Å². The molecule has 0 aliphatic rings. The van der Waals surface area contributed by atoms with Gasteiger partial charge in [-0.1, -0.05) is 60.7 Å². The lowest BCUT2D eigenvalue weighted by Gasteiger charge is -2.05. The first-order valence-corrected chi connectivity index (χ1v) is 10.6. The zero-order chi connectivity index (χ0) is 23.0. The molecule has 1 aromatic heterocycles. The highest BCUT2D eigenvalue weighted by Crippen LogP contribution is 2.23. The van der Waals surface area contributed by atoms with Gasteiger partial charge in [-0.15, -0.1) is 0 Å². The summed E-state index contributed by atoms with van der Waals surface area (Å²) in [5.74, 6) is -0.395. The molecule has 0 unspecified atom stereocenters. The second kappa shape index (κ2) is 10.2. The molecule has 1 heterocycles. The topological polar surface area (TPSA) is 76.0 Å². The van der Waals surface area contributed by atoms with Gasteiger partial charge in [0.05, 0.1) is 12.2 Å². The van der Waals surface area contributed by atoms with Gasteiger partial charge in [0, 0.05) is 41.7 Å². The Labute approximate surface area is 192 Å². The lowest BCUT2D eigenvalue weighted by atomic mass is 10.1. The van der Waals surface area contributed by atoms with E-state index in [9.17, 15) is 9.59 Å². The molecule has 0 aliphatic carbocycles. The van der Waals surface area contributed by atoms with Gasteiger partial charge < -0.3 is 10.6 Å². The number of carbonyl (C=O) groups is 2. The summed E-state index contributed by atoms with van der Waals surface area (Å²) >= 11 is 0. The largest absolute Gasteiger partial charge is 0.326 e. The van der Waals surface area contributed by atoms with Crippen LogP contribution >= 0.6 is 0 Å². The fourth-order valence-electron chi connectivity index (χ4n) is 3.42. The van der Waals surface area contributed by atoms with Crippen LogP contribution in [0.2, 0.25) is 0 Å². The number of hydrogen-bond acceptors (Lipinski definition) is 3. The molecule has 0 atom stereocenters. The summed E-state index contributed by atoms with van der Waals surface area (Å²) < 4.78 is 1.88. The molecule has 2 N–H and O–H groups in total. The Morgan fingerprint density at radius 3 is 2.09 bits per heavy atom. The minimum atomic E-state index is -0.253. The molecule has 0 bridgehead atoms. The molecule has 0 fully saturated rings. The van der Waals surface area contributed by atoms with Gasteiger partial charge in [-0.3, -0.25) is 14.3 Å². The lowest BCUT2D eigenvalue weighted by Crippen LogP contribution is -2.08. The molecule has 3 aromatic carbocycles. The Bertz CT molecular complexity index is 1260. The Kier molecular flexibility index (Phi) is 6.75. The molecule has 6 heteroatoms. The molecule has 164 valence electrons. The number of nitrogens with one attached hydrogen (secondary N) is 2. The van der Waals surface area contributed by atoms with E-state index in [1.807, 2.05) is 59.4 Å². The van der Waals surface area contributed by atoms with Gasteiger partial charge >= 0.3 is 0 Å². The van der Waals surface area contributed by atoms with Crippen molar-refractivity contribution >= 4 is 29.3 Å². The molecule has 6 nitrogen and oxygen atoms in total. The molecule has 0 spiro atoms. The van der Waals surface area contributed by atoms with Gasteiger partial charge in [0.15, 0.2) is 0 Å². The van der Waals surface area contributed by atoms with Gasteiger partial charge in [0.25, 0.3) is 0 Å². The van der Waals surface area contributed by atoms with E-state index >= 15 is 0 Å². The monoisotopic (exact) mass is 436 g/mol. The van der Waals surface area contributed by atoms with Crippen molar-refractivity contribution in [2.24, 2.45) is 0 Å². The maximum absolute atomic E-state index is 12.5. The molecule has 4 rings (SSSR count). The number of aromatic nitrogens is 2. The van der Waals surface area contributed by atoms with Crippen molar-refractivity contribution in [3.8, 4) is 11.3 Å². The summed E-state index contributed by atoms with van der Waals surface area (Å²) in [7, 11) is 0. The van der Waals surface area contributed by atoms with Gasteiger partial charge in [0.2, 0.25) is 11.8 Å². The number of nitrogens with zero attached hydrogens (tertiary/aromatic N) is 2. The van der Waals surface area contributed by atoms with Crippen molar-refractivity contribution in [1.82, 2.24) is 9.78 Å². The molecular formula is C27H24N4O2. The highest BCUT2D eigenvalue weighted by molar-refractivity contribution is 6.02. The van der Waals surface area contributed by atoms with Crippen LogP contribution in [0.25, 0.3) is 17.3 Å². The van der Waals surface area contributed by atoms with Crippen LogP contribution in [0.4, 0.5) is 11.4 Å². The quantitative estimate of drug-likeness (QED) is 0.391. The van der Waals surface area contributed by atoms with E-state index in [1.54, 1.807) is 30.3 Å². The average Bonchev–Trinajstić information content (AvgIpc) is 3.22. The van der Waals surface area contributed by atoms with Gasteiger partial charge in [0.1, 0.15) is 0 Å². The number of anilines is 2. The van der Waals surface area contributed by atoms with E-state index in [1.165, 1.54) is 13.0 Å². The van der Waals surface area contributed by atoms with E-state index in [0.717, 1.165) is 22.4 Å². The molecule has 0 saturated carbocycles. The third kappa shape index (κ3) is 6.04. The van der Waals surface area contributed by atoms with Crippen LogP contribution in [-0.4, -0.2) is 21.6 Å². The third-order valence-electron chi connectivity index (χ3n) is 4.91. The van der Waals surface area contributed by atoms with E-state index < -0.39 is 0 Å². The van der Waals surface area contributed by atoms with Crippen molar-refractivity contribution in [3.63, 3.8) is 0 Å². The Morgan fingerprint density at radius 1 is 0.848 bits per heavy atom. The number of amides is 2. The van der Waals surface area contributed by atoms with Gasteiger partial charge in [-0.2, -0.15) is 5.10 Å². The first-order valence-electron chi connectivity index (χ1n) is 10.6. The van der Waals surface area contributed by atoms with Crippen molar-refractivity contribution in [1.29, 1.82) is 0 Å². The Balaban J connectivity index is 1.52. The molecule has 0 saturated heterocycles. The summed E-state index contributed by atoms with van der Waals surface area (Å²) in [6, 6.07) is 27.0. The standard InChI is InChI=1S/C27H24N4O2/c1-20(32)28-24-13-15-25(16-14-24)29-26(33)17-12-23-19-31(18-21-8-4-2-5-9-21)30-27(23)22-10-6-3-7-11-22/h2-17,19H,18H2,1H3,(H,28,32)(H,29,33)/b17-12+. The number of rotatable bonds is 7. The van der Waals surface area contributed by atoms with Crippen molar-refractivity contribution in [3.05, 3.63) is 108 Å². The molecule has 0 aliphatic heterocycles. The predicted octanol–water partition coefficient (Wildman–Crippen LogP) is 5.21. The van der Waals surface area contributed by atoms with Crippen LogP contribution in [0.15, 0.2) is 97.2 Å². The van der Waals surface area contributed by atoms with Crippen molar-refractivity contribution in [2.45, 2.75) is 13.5 Å². The lowest BCUT2D eigenvalue weighted by molar-refractivity contribution is -0.114. The minimum absolute atomic E-state index is 0.142. The zero-order valence-electron chi connectivity index (χ0n) is 18.2. The maximum atomic E-state index is 12.5. The van der Waals surface area contributed by atoms with Crippen LogP contribution in [0, 0.1) is 0 Å². The van der Waals surface area contributed by atoms with Crippen LogP contribution in [0.5, 0.6) is 0 Å². The number of carbonyl (C=O) groups excluding carboxylic acids is 2. The second-order valence-electron chi connectivity index (χ2n) is 7.56. The smallest absolute Gasteiger partial charge is 0.248 e. The first kappa shape index (κ1) is 21.8. The third-order valence-corrected chi connectivity index (χ3v) is 4.91. The minimum Gasteiger partial charge on any atom is -0.326 e. The highest BCUT2D eigenvalue weighted by Gasteiger charge is 2.10. The molecule has 2 amide bonds. The normalized spacial score (nSPS) is 10.8. The number of hydrogen-bond donors (Lipinski definition) is 2. The summed E-state index contributed by atoms with van der Waals surface area (Å²) in [5.41, 5.74) is 5.12. The van der Waals surface area contributed by atoms with Gasteiger partial charge in [-0.25, -0.2) is 0 Å². The van der Waals surface area contributed by atoms with Gasteiger partial charge in [-0.05, 0) is 35.9 Å². The van der Waals surface area contributed by atoms with E-state index in [-0.39, 0.29) is 11.8 Å². The average molecular weight is 437 g/mol. The van der Waals surface area contributed by atoms with E-state index in [0.29, 0.717) is 17.9 Å².